The molecule has 80 valence electrons. The van der Waals surface area contributed by atoms with Crippen LogP contribution in [0.3, 0.4) is 0 Å². The molecule has 0 amide bonds. The topological polar surface area (TPSA) is 37.4 Å². The summed E-state index contributed by atoms with van der Waals surface area (Å²) >= 11 is 7.04. The molecule has 0 N–H and O–H groups in total. The third-order valence-corrected chi connectivity index (χ3v) is 4.92. The molecule has 0 aliphatic heterocycles. The summed E-state index contributed by atoms with van der Waals surface area (Å²) in [5.41, 5.74) is 0. The monoisotopic (exact) mass is 245 g/mol. The maximum Gasteiger partial charge on any atom is 0.228 e. The lowest BCUT2D eigenvalue weighted by molar-refractivity contribution is 0.385. The van der Waals surface area contributed by atoms with Gasteiger partial charge in [-0.25, -0.2) is 12.7 Å². The first-order valence-corrected chi connectivity index (χ1v) is 7.50. The largest absolute Gasteiger partial charge is 0.228 e. The molecule has 1 atom stereocenters. The molecule has 0 aliphatic rings. The van der Waals surface area contributed by atoms with E-state index < -0.39 is 10.0 Å². The summed E-state index contributed by atoms with van der Waals surface area (Å²) in [6.07, 6.45) is 2.86. The van der Waals surface area contributed by atoms with E-state index >= 15 is 0 Å². The summed E-state index contributed by atoms with van der Waals surface area (Å²) in [6, 6.07) is 0.0243. The minimum Gasteiger partial charge on any atom is -0.211 e. The molecule has 0 rings (SSSR count). The molecule has 0 heterocycles. The standard InChI is InChI=1S/C7H16ClNO2S2/c1-7(4-5-12-3)9(2)13(10,11)6-8/h7H,4-6H2,1-3H3. The van der Waals surface area contributed by atoms with Gasteiger partial charge in [0, 0.05) is 13.1 Å². The number of nitrogens with zero attached hydrogens (tertiary/aromatic N) is 1. The molecule has 0 saturated heterocycles. The number of rotatable bonds is 6. The summed E-state index contributed by atoms with van der Waals surface area (Å²) in [5, 5.41) is -0.340. The Balaban J connectivity index is 4.17. The molecule has 6 heteroatoms. The average molecular weight is 246 g/mol. The summed E-state index contributed by atoms with van der Waals surface area (Å²) in [7, 11) is -1.67. The van der Waals surface area contributed by atoms with Crippen LogP contribution >= 0.6 is 23.4 Å². The highest BCUT2D eigenvalue weighted by Gasteiger charge is 2.21. The van der Waals surface area contributed by atoms with Crippen molar-refractivity contribution in [2.45, 2.75) is 19.4 Å². The summed E-state index contributed by atoms with van der Waals surface area (Å²) in [5.74, 6) is 0.962. The Bertz CT molecular complexity index is 231. The van der Waals surface area contributed by atoms with Gasteiger partial charge < -0.3 is 0 Å². The highest BCUT2D eigenvalue weighted by atomic mass is 35.5. The smallest absolute Gasteiger partial charge is 0.211 e. The summed E-state index contributed by atoms with van der Waals surface area (Å²) in [6.45, 7) is 1.89. The Kier molecular flexibility index (Phi) is 6.37. The van der Waals surface area contributed by atoms with Crippen LogP contribution in [0.2, 0.25) is 0 Å². The fourth-order valence-corrected chi connectivity index (χ4v) is 2.67. The molecule has 0 aliphatic carbocycles. The van der Waals surface area contributed by atoms with E-state index in [0.717, 1.165) is 12.2 Å². The van der Waals surface area contributed by atoms with Crippen LogP contribution in [0.4, 0.5) is 0 Å². The third-order valence-electron chi connectivity index (χ3n) is 1.94. The first-order chi connectivity index (χ1) is 5.95. The minimum absolute atomic E-state index is 0.0243. The Morgan fingerprint density at radius 2 is 2.08 bits per heavy atom. The van der Waals surface area contributed by atoms with Crippen LogP contribution in [0, 0.1) is 0 Å². The van der Waals surface area contributed by atoms with E-state index in [9.17, 15) is 8.42 Å². The Morgan fingerprint density at radius 1 is 1.54 bits per heavy atom. The van der Waals surface area contributed by atoms with E-state index in [1.807, 2.05) is 13.2 Å². The predicted octanol–water partition coefficient (Wildman–Crippen LogP) is 1.59. The van der Waals surface area contributed by atoms with Crippen molar-refractivity contribution in [3.8, 4) is 0 Å². The van der Waals surface area contributed by atoms with Crippen LogP contribution in [0.1, 0.15) is 13.3 Å². The summed E-state index contributed by atoms with van der Waals surface area (Å²) in [4.78, 5) is 0. The number of hydrogen-bond acceptors (Lipinski definition) is 3. The van der Waals surface area contributed by atoms with Gasteiger partial charge in [0.1, 0.15) is 5.21 Å². The molecule has 0 aromatic rings. The fraction of sp³-hybridized carbons (Fsp3) is 1.00. The van der Waals surface area contributed by atoms with Crippen LogP contribution in [-0.2, 0) is 10.0 Å². The maximum atomic E-state index is 11.3. The molecule has 0 fully saturated rings. The lowest BCUT2D eigenvalue weighted by Crippen LogP contribution is -2.36. The fourth-order valence-electron chi connectivity index (χ4n) is 0.821. The van der Waals surface area contributed by atoms with Crippen molar-refractivity contribution in [3.05, 3.63) is 0 Å². The van der Waals surface area contributed by atoms with E-state index in [1.165, 1.54) is 4.31 Å². The van der Waals surface area contributed by atoms with Gasteiger partial charge in [-0.05, 0) is 25.4 Å². The van der Waals surface area contributed by atoms with Gasteiger partial charge >= 0.3 is 0 Å². The molecule has 0 aromatic heterocycles. The summed E-state index contributed by atoms with van der Waals surface area (Å²) < 4.78 is 23.9. The van der Waals surface area contributed by atoms with Crippen molar-refractivity contribution in [1.29, 1.82) is 0 Å². The predicted molar refractivity (Wildman–Crippen MR) is 59.9 cm³/mol. The highest BCUT2D eigenvalue weighted by molar-refractivity contribution is 7.98. The number of halogens is 1. The molecule has 0 saturated carbocycles. The van der Waals surface area contributed by atoms with Crippen LogP contribution in [-0.4, -0.2) is 43.0 Å². The molecular weight excluding hydrogens is 230 g/mol. The third kappa shape index (κ3) is 4.54. The highest BCUT2D eigenvalue weighted by Crippen LogP contribution is 2.11. The van der Waals surface area contributed by atoms with Crippen molar-refractivity contribution < 1.29 is 8.42 Å². The minimum atomic E-state index is -3.24. The van der Waals surface area contributed by atoms with Crippen molar-refractivity contribution in [3.63, 3.8) is 0 Å². The van der Waals surface area contributed by atoms with Crippen LogP contribution in [0.15, 0.2) is 0 Å². The van der Waals surface area contributed by atoms with Crippen molar-refractivity contribution in [1.82, 2.24) is 4.31 Å². The van der Waals surface area contributed by atoms with E-state index in [-0.39, 0.29) is 11.3 Å². The van der Waals surface area contributed by atoms with E-state index in [4.69, 9.17) is 11.6 Å². The number of thioether (sulfide) groups is 1. The second-order valence-corrected chi connectivity index (χ2v) is 6.47. The molecule has 0 radical (unpaired) electrons. The second-order valence-electron chi connectivity index (χ2n) is 2.87. The van der Waals surface area contributed by atoms with Gasteiger partial charge in [-0.3, -0.25) is 0 Å². The van der Waals surface area contributed by atoms with E-state index in [0.29, 0.717) is 0 Å². The van der Waals surface area contributed by atoms with Crippen LogP contribution < -0.4 is 0 Å². The normalized spacial score (nSPS) is 14.8. The number of alkyl halides is 1. The average Bonchev–Trinajstić information content (AvgIpc) is 2.12. The van der Waals surface area contributed by atoms with Gasteiger partial charge in [-0.1, -0.05) is 0 Å². The quantitative estimate of drug-likeness (QED) is 0.667. The van der Waals surface area contributed by atoms with Crippen molar-refractivity contribution >= 4 is 33.4 Å². The molecule has 0 aromatic carbocycles. The lowest BCUT2D eigenvalue weighted by atomic mass is 10.3. The Morgan fingerprint density at radius 3 is 2.46 bits per heavy atom. The van der Waals surface area contributed by atoms with Crippen LogP contribution in [0.5, 0.6) is 0 Å². The molecule has 3 nitrogen and oxygen atoms in total. The molecule has 1 unspecified atom stereocenters. The molecule has 0 spiro atoms. The van der Waals surface area contributed by atoms with Gasteiger partial charge in [0.2, 0.25) is 10.0 Å². The zero-order valence-corrected chi connectivity index (χ0v) is 10.5. The van der Waals surface area contributed by atoms with E-state index in [1.54, 1.807) is 18.8 Å². The lowest BCUT2D eigenvalue weighted by Gasteiger charge is -2.22. The van der Waals surface area contributed by atoms with Crippen molar-refractivity contribution in [2.24, 2.45) is 0 Å². The molecule has 13 heavy (non-hydrogen) atoms. The van der Waals surface area contributed by atoms with E-state index in [2.05, 4.69) is 0 Å². The number of sulfonamides is 1. The van der Waals surface area contributed by atoms with Crippen molar-refractivity contribution in [2.75, 3.05) is 24.3 Å². The second kappa shape index (κ2) is 6.11. The van der Waals surface area contributed by atoms with Gasteiger partial charge in [0.15, 0.2) is 0 Å². The first kappa shape index (κ1) is 13.5. The van der Waals surface area contributed by atoms with Gasteiger partial charge in [0.25, 0.3) is 0 Å². The number of hydrogen-bond donors (Lipinski definition) is 0. The SMILES string of the molecule is CSCCC(C)N(C)S(=O)(=O)CCl. The molecular formula is C7H16ClNO2S2. The first-order valence-electron chi connectivity index (χ1n) is 3.96. The Hall–Kier alpha value is 0.550. The van der Waals surface area contributed by atoms with Gasteiger partial charge in [0.05, 0.1) is 0 Å². The van der Waals surface area contributed by atoms with Crippen LogP contribution in [0.25, 0.3) is 0 Å². The zero-order valence-electron chi connectivity index (χ0n) is 8.16. The molecule has 0 bridgehead atoms. The maximum absolute atomic E-state index is 11.3. The zero-order chi connectivity index (χ0) is 10.5. The van der Waals surface area contributed by atoms with Gasteiger partial charge in [-0.2, -0.15) is 11.8 Å². The van der Waals surface area contributed by atoms with Gasteiger partial charge in [-0.15, -0.1) is 11.6 Å². The Labute approximate surface area is 89.9 Å².